The van der Waals surface area contributed by atoms with Gasteiger partial charge >= 0.3 is 0 Å². The standard InChI is InChI=1S/C19H20S/c1-2-8-14(9-3-1)19-15-10-4-6-12-17(15)20-18-13-7-5-11-16(18)19/h1-4,6,8-10,12,16,18-19H,5,7,11,13H2/t16-,18-,19-/m0/s1. The van der Waals surface area contributed by atoms with E-state index in [9.17, 15) is 0 Å². The fourth-order valence-corrected chi connectivity index (χ4v) is 5.55. The lowest BCUT2D eigenvalue weighted by molar-refractivity contribution is 0.331. The van der Waals surface area contributed by atoms with E-state index in [0.717, 1.165) is 11.2 Å². The Morgan fingerprint density at radius 2 is 1.55 bits per heavy atom. The Morgan fingerprint density at radius 1 is 0.800 bits per heavy atom. The summed E-state index contributed by atoms with van der Waals surface area (Å²) < 4.78 is 0. The lowest BCUT2D eigenvalue weighted by Gasteiger charge is -2.42. The maximum atomic E-state index is 2.35. The summed E-state index contributed by atoms with van der Waals surface area (Å²) in [6.45, 7) is 0. The van der Waals surface area contributed by atoms with Crippen LogP contribution in [0.15, 0.2) is 59.5 Å². The Kier molecular flexibility index (Phi) is 3.31. The van der Waals surface area contributed by atoms with Gasteiger partial charge in [-0.25, -0.2) is 0 Å². The maximum absolute atomic E-state index is 2.35. The third-order valence-corrected chi connectivity index (χ3v) is 6.39. The molecule has 0 radical (unpaired) electrons. The Balaban J connectivity index is 1.84. The highest BCUT2D eigenvalue weighted by atomic mass is 32.2. The fraction of sp³-hybridized carbons (Fsp3) is 0.368. The highest BCUT2D eigenvalue weighted by molar-refractivity contribution is 8.00. The molecular formula is C19H20S. The molecule has 20 heavy (non-hydrogen) atoms. The molecule has 1 heteroatoms. The number of hydrogen-bond donors (Lipinski definition) is 0. The molecule has 0 unspecified atom stereocenters. The second-order valence-corrected chi connectivity index (χ2v) is 7.31. The van der Waals surface area contributed by atoms with Crippen LogP contribution in [0.25, 0.3) is 0 Å². The molecule has 1 saturated carbocycles. The van der Waals surface area contributed by atoms with E-state index in [0.29, 0.717) is 5.92 Å². The molecule has 0 nitrogen and oxygen atoms in total. The molecule has 4 rings (SSSR count). The van der Waals surface area contributed by atoms with Gasteiger partial charge in [0, 0.05) is 16.1 Å². The highest BCUT2D eigenvalue weighted by Crippen LogP contribution is 2.53. The summed E-state index contributed by atoms with van der Waals surface area (Å²) in [5.41, 5.74) is 3.07. The van der Waals surface area contributed by atoms with E-state index in [1.807, 2.05) is 0 Å². The topological polar surface area (TPSA) is 0 Å². The van der Waals surface area contributed by atoms with Crippen LogP contribution in [0.2, 0.25) is 0 Å². The van der Waals surface area contributed by atoms with Crippen LogP contribution in [-0.2, 0) is 0 Å². The van der Waals surface area contributed by atoms with Gasteiger partial charge in [0.15, 0.2) is 0 Å². The molecule has 2 aromatic carbocycles. The van der Waals surface area contributed by atoms with Crippen LogP contribution < -0.4 is 0 Å². The van der Waals surface area contributed by atoms with Gasteiger partial charge in [0.05, 0.1) is 0 Å². The zero-order valence-corrected chi connectivity index (χ0v) is 12.5. The van der Waals surface area contributed by atoms with Gasteiger partial charge in [0.2, 0.25) is 0 Å². The molecule has 1 heterocycles. The average molecular weight is 280 g/mol. The first-order valence-corrected chi connectivity index (χ1v) is 8.62. The highest BCUT2D eigenvalue weighted by Gasteiger charge is 2.38. The van der Waals surface area contributed by atoms with E-state index < -0.39 is 0 Å². The van der Waals surface area contributed by atoms with E-state index in [2.05, 4.69) is 66.4 Å². The van der Waals surface area contributed by atoms with Crippen molar-refractivity contribution in [3.8, 4) is 0 Å². The molecule has 0 spiro atoms. The molecule has 2 aromatic rings. The van der Waals surface area contributed by atoms with Crippen molar-refractivity contribution in [2.75, 3.05) is 0 Å². The first-order chi connectivity index (χ1) is 9.93. The summed E-state index contributed by atoms with van der Waals surface area (Å²) in [7, 11) is 0. The molecule has 1 fully saturated rings. The van der Waals surface area contributed by atoms with Crippen molar-refractivity contribution in [3.05, 3.63) is 65.7 Å². The predicted molar refractivity (Wildman–Crippen MR) is 86.3 cm³/mol. The Bertz CT molecular complexity index is 590. The van der Waals surface area contributed by atoms with Crippen molar-refractivity contribution in [1.82, 2.24) is 0 Å². The molecular weight excluding hydrogens is 260 g/mol. The Morgan fingerprint density at radius 3 is 2.45 bits per heavy atom. The lowest BCUT2D eigenvalue weighted by atomic mass is 9.73. The summed E-state index contributed by atoms with van der Waals surface area (Å²) in [4.78, 5) is 1.52. The van der Waals surface area contributed by atoms with Crippen LogP contribution in [0.4, 0.5) is 0 Å². The summed E-state index contributed by atoms with van der Waals surface area (Å²) >= 11 is 2.14. The Labute approximate surface area is 125 Å². The van der Waals surface area contributed by atoms with Gasteiger partial charge in [0.1, 0.15) is 0 Å². The number of fused-ring (bicyclic) bond motifs is 2. The van der Waals surface area contributed by atoms with Crippen molar-refractivity contribution in [1.29, 1.82) is 0 Å². The molecule has 0 aromatic heterocycles. The molecule has 1 aliphatic heterocycles. The van der Waals surface area contributed by atoms with Gasteiger partial charge in [-0.1, -0.05) is 61.4 Å². The minimum absolute atomic E-state index is 0.610. The minimum Gasteiger partial charge on any atom is -0.122 e. The predicted octanol–water partition coefficient (Wildman–Crippen LogP) is 5.48. The quantitative estimate of drug-likeness (QED) is 0.666. The molecule has 0 N–H and O–H groups in total. The number of thioether (sulfide) groups is 1. The van der Waals surface area contributed by atoms with Gasteiger partial charge in [-0.05, 0) is 36.0 Å². The molecule has 0 amide bonds. The van der Waals surface area contributed by atoms with Crippen LogP contribution >= 0.6 is 11.8 Å². The van der Waals surface area contributed by atoms with Gasteiger partial charge < -0.3 is 0 Å². The van der Waals surface area contributed by atoms with E-state index in [-0.39, 0.29) is 0 Å². The fourth-order valence-electron chi connectivity index (χ4n) is 3.98. The summed E-state index contributed by atoms with van der Waals surface area (Å²) in [6.07, 6.45) is 5.61. The zero-order chi connectivity index (χ0) is 13.4. The van der Waals surface area contributed by atoms with Gasteiger partial charge in [-0.3, -0.25) is 0 Å². The summed E-state index contributed by atoms with van der Waals surface area (Å²) in [5.74, 6) is 1.44. The number of rotatable bonds is 1. The van der Waals surface area contributed by atoms with E-state index >= 15 is 0 Å². The normalized spacial score (nSPS) is 28.5. The second kappa shape index (κ2) is 5.29. The first kappa shape index (κ1) is 12.5. The average Bonchev–Trinajstić information content (AvgIpc) is 2.53. The van der Waals surface area contributed by atoms with Crippen LogP contribution in [0.1, 0.15) is 42.7 Å². The lowest BCUT2D eigenvalue weighted by Crippen LogP contribution is -2.32. The van der Waals surface area contributed by atoms with Crippen LogP contribution in [0.5, 0.6) is 0 Å². The van der Waals surface area contributed by atoms with Crippen LogP contribution in [0.3, 0.4) is 0 Å². The van der Waals surface area contributed by atoms with Crippen molar-refractivity contribution in [2.45, 2.75) is 41.7 Å². The van der Waals surface area contributed by atoms with Gasteiger partial charge in [-0.15, -0.1) is 11.8 Å². The van der Waals surface area contributed by atoms with Gasteiger partial charge in [0.25, 0.3) is 0 Å². The third kappa shape index (κ3) is 2.09. The molecule has 2 aliphatic rings. The van der Waals surface area contributed by atoms with E-state index in [1.165, 1.54) is 36.1 Å². The van der Waals surface area contributed by atoms with Crippen molar-refractivity contribution >= 4 is 11.8 Å². The van der Waals surface area contributed by atoms with E-state index in [1.54, 1.807) is 5.56 Å². The third-order valence-electron chi connectivity index (χ3n) is 4.87. The number of benzene rings is 2. The molecule has 1 aliphatic carbocycles. The zero-order valence-electron chi connectivity index (χ0n) is 11.7. The monoisotopic (exact) mass is 280 g/mol. The minimum atomic E-state index is 0.610. The van der Waals surface area contributed by atoms with Crippen molar-refractivity contribution in [2.24, 2.45) is 5.92 Å². The number of hydrogen-bond acceptors (Lipinski definition) is 1. The van der Waals surface area contributed by atoms with E-state index in [4.69, 9.17) is 0 Å². The largest absolute Gasteiger partial charge is 0.122 e. The SMILES string of the molecule is c1ccc([C@H]2c3ccccc3S[C@H]3CCCC[C@H]23)cc1. The molecule has 0 bridgehead atoms. The van der Waals surface area contributed by atoms with Crippen molar-refractivity contribution < 1.29 is 0 Å². The first-order valence-electron chi connectivity index (χ1n) is 7.74. The van der Waals surface area contributed by atoms with Crippen LogP contribution in [-0.4, -0.2) is 5.25 Å². The molecule has 3 atom stereocenters. The maximum Gasteiger partial charge on any atom is 0.0139 e. The molecule has 0 saturated heterocycles. The van der Waals surface area contributed by atoms with Crippen LogP contribution in [0, 0.1) is 5.92 Å². The van der Waals surface area contributed by atoms with Gasteiger partial charge in [-0.2, -0.15) is 0 Å². The smallest absolute Gasteiger partial charge is 0.0139 e. The molecule has 102 valence electrons. The summed E-state index contributed by atoms with van der Waals surface area (Å²) in [6, 6.07) is 20.2. The Hall–Kier alpha value is -1.21. The summed E-state index contributed by atoms with van der Waals surface area (Å²) in [5, 5.41) is 0.823. The second-order valence-electron chi connectivity index (χ2n) is 6.03. The van der Waals surface area contributed by atoms with Crippen molar-refractivity contribution in [3.63, 3.8) is 0 Å².